The standard InChI is InChI=1S/C13H13F3N2O/c1-2-8-6-9-4-3-5-10(11(9)18-12(8)17)19-7-13(14,15)16/h3-6H,2,7H2,1H3,(H2,17,18). The molecule has 0 amide bonds. The van der Waals surface area contributed by atoms with Crippen LogP contribution in [0.25, 0.3) is 10.9 Å². The van der Waals surface area contributed by atoms with Crippen molar-refractivity contribution in [2.45, 2.75) is 19.5 Å². The Morgan fingerprint density at radius 2 is 2.05 bits per heavy atom. The normalized spacial score (nSPS) is 11.8. The Kier molecular flexibility index (Phi) is 3.50. The number of aryl methyl sites for hydroxylation is 1. The van der Waals surface area contributed by atoms with Crippen molar-refractivity contribution in [1.82, 2.24) is 4.98 Å². The summed E-state index contributed by atoms with van der Waals surface area (Å²) in [6, 6.07) is 6.66. The fourth-order valence-corrected chi connectivity index (χ4v) is 1.79. The second kappa shape index (κ2) is 4.95. The molecule has 2 N–H and O–H groups in total. The Balaban J connectivity index is 2.42. The minimum atomic E-state index is -4.38. The highest BCUT2D eigenvalue weighted by molar-refractivity contribution is 5.86. The lowest BCUT2D eigenvalue weighted by Crippen LogP contribution is -2.19. The van der Waals surface area contributed by atoms with E-state index in [0.717, 1.165) is 5.56 Å². The number of ether oxygens (including phenoxy) is 1. The Bertz CT molecular complexity index is 596. The van der Waals surface area contributed by atoms with Crippen LogP contribution in [0.4, 0.5) is 19.0 Å². The maximum absolute atomic E-state index is 12.2. The highest BCUT2D eigenvalue weighted by Gasteiger charge is 2.28. The van der Waals surface area contributed by atoms with Crippen LogP contribution in [0.5, 0.6) is 5.75 Å². The number of para-hydroxylation sites is 1. The van der Waals surface area contributed by atoms with E-state index in [1.54, 1.807) is 12.1 Å². The number of halogens is 3. The summed E-state index contributed by atoms with van der Waals surface area (Å²) in [6.07, 6.45) is -3.67. The third-order valence-corrected chi connectivity index (χ3v) is 2.69. The molecule has 19 heavy (non-hydrogen) atoms. The molecule has 0 saturated heterocycles. The van der Waals surface area contributed by atoms with Crippen LogP contribution >= 0.6 is 0 Å². The maximum Gasteiger partial charge on any atom is 0.422 e. The first-order valence-electron chi connectivity index (χ1n) is 5.78. The van der Waals surface area contributed by atoms with E-state index < -0.39 is 12.8 Å². The van der Waals surface area contributed by atoms with Crippen molar-refractivity contribution in [3.8, 4) is 5.75 Å². The molecule has 1 aromatic heterocycles. The summed E-state index contributed by atoms with van der Waals surface area (Å²) >= 11 is 0. The van der Waals surface area contributed by atoms with E-state index in [0.29, 0.717) is 23.1 Å². The topological polar surface area (TPSA) is 48.1 Å². The molecule has 1 aromatic carbocycles. The van der Waals surface area contributed by atoms with Gasteiger partial charge in [0.15, 0.2) is 6.61 Å². The smallest absolute Gasteiger partial charge is 0.422 e. The number of hydrogen-bond donors (Lipinski definition) is 1. The van der Waals surface area contributed by atoms with Gasteiger partial charge in [0.2, 0.25) is 0 Å². The Hall–Kier alpha value is -1.98. The number of nitrogens with two attached hydrogens (primary N) is 1. The molecule has 0 aliphatic rings. The summed E-state index contributed by atoms with van der Waals surface area (Å²) < 4.78 is 41.3. The first kappa shape index (κ1) is 13.5. The lowest BCUT2D eigenvalue weighted by molar-refractivity contribution is -0.153. The third kappa shape index (κ3) is 3.07. The number of alkyl halides is 3. The summed E-state index contributed by atoms with van der Waals surface area (Å²) in [5.74, 6) is 0.405. The molecule has 0 fully saturated rings. The van der Waals surface area contributed by atoms with Gasteiger partial charge in [0.05, 0.1) is 0 Å². The van der Waals surface area contributed by atoms with Crippen LogP contribution in [-0.4, -0.2) is 17.8 Å². The van der Waals surface area contributed by atoms with E-state index in [-0.39, 0.29) is 5.75 Å². The van der Waals surface area contributed by atoms with E-state index in [1.165, 1.54) is 6.07 Å². The van der Waals surface area contributed by atoms with Crippen molar-refractivity contribution in [2.75, 3.05) is 12.3 Å². The zero-order chi connectivity index (χ0) is 14.0. The van der Waals surface area contributed by atoms with Gasteiger partial charge in [0.25, 0.3) is 0 Å². The highest BCUT2D eigenvalue weighted by Crippen LogP contribution is 2.28. The molecule has 2 aromatic rings. The number of benzene rings is 1. The monoisotopic (exact) mass is 270 g/mol. The van der Waals surface area contributed by atoms with Crippen molar-refractivity contribution >= 4 is 16.7 Å². The van der Waals surface area contributed by atoms with Gasteiger partial charge in [-0.15, -0.1) is 0 Å². The quantitative estimate of drug-likeness (QED) is 0.930. The van der Waals surface area contributed by atoms with Crippen molar-refractivity contribution in [1.29, 1.82) is 0 Å². The molecule has 6 heteroatoms. The molecule has 3 nitrogen and oxygen atoms in total. The molecule has 0 atom stereocenters. The van der Waals surface area contributed by atoms with Gasteiger partial charge in [-0.3, -0.25) is 0 Å². The number of aromatic nitrogens is 1. The minimum absolute atomic E-state index is 0.0872. The van der Waals surface area contributed by atoms with Crippen LogP contribution in [0.15, 0.2) is 24.3 Å². The van der Waals surface area contributed by atoms with Gasteiger partial charge < -0.3 is 10.5 Å². The van der Waals surface area contributed by atoms with Crippen molar-refractivity contribution < 1.29 is 17.9 Å². The molecule has 0 spiro atoms. The van der Waals surface area contributed by atoms with Crippen LogP contribution in [-0.2, 0) is 6.42 Å². The van der Waals surface area contributed by atoms with Gasteiger partial charge in [0.1, 0.15) is 17.1 Å². The van der Waals surface area contributed by atoms with Crippen molar-refractivity contribution in [2.24, 2.45) is 0 Å². The van der Waals surface area contributed by atoms with Crippen LogP contribution in [0.2, 0.25) is 0 Å². The lowest BCUT2D eigenvalue weighted by atomic mass is 10.1. The molecule has 2 rings (SSSR count). The molecule has 0 aliphatic carbocycles. The number of pyridine rings is 1. The van der Waals surface area contributed by atoms with Crippen molar-refractivity contribution in [3.05, 3.63) is 29.8 Å². The third-order valence-electron chi connectivity index (χ3n) is 2.69. The van der Waals surface area contributed by atoms with Crippen molar-refractivity contribution in [3.63, 3.8) is 0 Å². The van der Waals surface area contributed by atoms with E-state index in [2.05, 4.69) is 4.98 Å². The van der Waals surface area contributed by atoms with Gasteiger partial charge in [-0.05, 0) is 24.1 Å². The number of hydrogen-bond acceptors (Lipinski definition) is 3. The molecule has 1 heterocycles. The Morgan fingerprint density at radius 1 is 1.32 bits per heavy atom. The summed E-state index contributed by atoms with van der Waals surface area (Å²) in [6.45, 7) is 0.590. The predicted molar refractivity (Wildman–Crippen MR) is 67.1 cm³/mol. The van der Waals surface area contributed by atoms with E-state index in [4.69, 9.17) is 10.5 Å². The average molecular weight is 270 g/mol. The molecule has 102 valence electrons. The fraction of sp³-hybridized carbons (Fsp3) is 0.308. The van der Waals surface area contributed by atoms with Gasteiger partial charge in [0, 0.05) is 5.39 Å². The molecule has 0 saturated carbocycles. The SMILES string of the molecule is CCc1cc2cccc(OCC(F)(F)F)c2nc1N. The number of fused-ring (bicyclic) bond motifs is 1. The molecular weight excluding hydrogens is 257 g/mol. The van der Waals surface area contributed by atoms with Gasteiger partial charge in [-0.25, -0.2) is 4.98 Å². The largest absolute Gasteiger partial charge is 0.482 e. The van der Waals surface area contributed by atoms with Gasteiger partial charge in [-0.2, -0.15) is 13.2 Å². The summed E-state index contributed by atoms with van der Waals surface area (Å²) in [5.41, 5.74) is 6.97. The number of nitrogens with zero attached hydrogens (tertiary/aromatic N) is 1. The summed E-state index contributed by atoms with van der Waals surface area (Å²) in [4.78, 5) is 4.13. The number of anilines is 1. The average Bonchev–Trinajstić information content (AvgIpc) is 2.34. The van der Waals surface area contributed by atoms with Gasteiger partial charge >= 0.3 is 6.18 Å². The Labute approximate surface area is 108 Å². The van der Waals surface area contributed by atoms with Crippen LogP contribution in [0, 0.1) is 0 Å². The highest BCUT2D eigenvalue weighted by atomic mass is 19.4. The summed E-state index contributed by atoms with van der Waals surface area (Å²) in [7, 11) is 0. The van der Waals surface area contributed by atoms with E-state index in [9.17, 15) is 13.2 Å². The number of nitrogen functional groups attached to an aromatic ring is 1. The first-order valence-corrected chi connectivity index (χ1v) is 5.78. The second-order valence-electron chi connectivity index (χ2n) is 4.12. The molecule has 0 unspecified atom stereocenters. The predicted octanol–water partition coefficient (Wildman–Crippen LogP) is 3.32. The van der Waals surface area contributed by atoms with Crippen LogP contribution in [0.1, 0.15) is 12.5 Å². The van der Waals surface area contributed by atoms with Gasteiger partial charge in [-0.1, -0.05) is 19.1 Å². The zero-order valence-corrected chi connectivity index (χ0v) is 10.3. The maximum atomic E-state index is 12.2. The van der Waals surface area contributed by atoms with Crippen LogP contribution in [0.3, 0.4) is 0 Å². The lowest BCUT2D eigenvalue weighted by Gasteiger charge is -2.12. The summed E-state index contributed by atoms with van der Waals surface area (Å²) in [5, 5.41) is 0.714. The molecule has 0 aliphatic heterocycles. The minimum Gasteiger partial charge on any atom is -0.482 e. The second-order valence-corrected chi connectivity index (χ2v) is 4.12. The first-order chi connectivity index (χ1) is 8.90. The number of rotatable bonds is 3. The van der Waals surface area contributed by atoms with E-state index >= 15 is 0 Å². The van der Waals surface area contributed by atoms with E-state index in [1.807, 2.05) is 13.0 Å². The molecule has 0 bridgehead atoms. The zero-order valence-electron chi connectivity index (χ0n) is 10.3. The fourth-order valence-electron chi connectivity index (χ4n) is 1.79. The van der Waals surface area contributed by atoms with Crippen LogP contribution < -0.4 is 10.5 Å². The Morgan fingerprint density at radius 3 is 2.68 bits per heavy atom. The molecule has 0 radical (unpaired) electrons. The molecular formula is C13H13F3N2O.